The number of aryl methyl sites for hydroxylation is 1. The van der Waals surface area contributed by atoms with Crippen LogP contribution in [0.25, 0.3) is 11.1 Å². The number of anilines is 1. The molecule has 0 atom stereocenters. The van der Waals surface area contributed by atoms with Crippen molar-refractivity contribution in [3.8, 4) is 11.1 Å². The molecule has 34 heavy (non-hydrogen) atoms. The van der Waals surface area contributed by atoms with E-state index in [9.17, 15) is 14.7 Å². The summed E-state index contributed by atoms with van der Waals surface area (Å²) in [5.74, 6) is 0.813. The SMILES string of the molecule is CC(=C(CCO)SC(=O)c1ccc(-c2ccccc2)cc1Cl)N(C=O)Cc1cnc(C)nc1N. The highest BCUT2D eigenvalue weighted by Gasteiger charge is 2.19. The Balaban J connectivity index is 1.84. The first kappa shape index (κ1) is 25.4. The van der Waals surface area contributed by atoms with Crippen LogP contribution in [0.4, 0.5) is 5.82 Å². The number of aromatic nitrogens is 2. The second kappa shape index (κ2) is 11.8. The molecule has 7 nitrogen and oxygen atoms in total. The first-order chi connectivity index (χ1) is 16.3. The molecule has 0 fully saturated rings. The van der Waals surface area contributed by atoms with Crippen LogP contribution >= 0.6 is 23.4 Å². The van der Waals surface area contributed by atoms with Gasteiger partial charge >= 0.3 is 0 Å². The van der Waals surface area contributed by atoms with E-state index in [4.69, 9.17) is 17.3 Å². The van der Waals surface area contributed by atoms with Crippen LogP contribution < -0.4 is 5.73 Å². The van der Waals surface area contributed by atoms with E-state index in [1.54, 1.807) is 32.2 Å². The van der Waals surface area contributed by atoms with Crippen LogP contribution in [0.1, 0.15) is 35.1 Å². The minimum atomic E-state index is -0.281. The third-order valence-corrected chi connectivity index (χ3v) is 6.64. The number of rotatable bonds is 9. The smallest absolute Gasteiger partial charge is 0.225 e. The van der Waals surface area contributed by atoms with Gasteiger partial charge in [-0.25, -0.2) is 9.97 Å². The van der Waals surface area contributed by atoms with Crippen molar-refractivity contribution in [1.29, 1.82) is 0 Å². The van der Waals surface area contributed by atoms with Crippen molar-refractivity contribution in [2.45, 2.75) is 26.8 Å². The van der Waals surface area contributed by atoms with Crippen molar-refractivity contribution in [2.75, 3.05) is 12.3 Å². The molecule has 176 valence electrons. The van der Waals surface area contributed by atoms with Gasteiger partial charge in [-0.05, 0) is 48.9 Å². The maximum Gasteiger partial charge on any atom is 0.225 e. The molecule has 0 unspecified atom stereocenters. The van der Waals surface area contributed by atoms with Gasteiger partial charge in [0.2, 0.25) is 11.5 Å². The fourth-order valence-corrected chi connectivity index (χ4v) is 4.57. The Morgan fingerprint density at radius 1 is 1.21 bits per heavy atom. The number of allylic oxidation sites excluding steroid dienone is 1. The van der Waals surface area contributed by atoms with E-state index >= 15 is 0 Å². The molecule has 0 saturated carbocycles. The van der Waals surface area contributed by atoms with Crippen molar-refractivity contribution < 1.29 is 14.7 Å². The Morgan fingerprint density at radius 2 is 1.94 bits per heavy atom. The van der Waals surface area contributed by atoms with Crippen LogP contribution in [0.15, 0.2) is 65.3 Å². The zero-order chi connectivity index (χ0) is 24.7. The van der Waals surface area contributed by atoms with Gasteiger partial charge < -0.3 is 15.7 Å². The number of halogens is 1. The highest BCUT2D eigenvalue weighted by Crippen LogP contribution is 2.33. The highest BCUT2D eigenvalue weighted by molar-refractivity contribution is 8.17. The fourth-order valence-electron chi connectivity index (χ4n) is 3.28. The van der Waals surface area contributed by atoms with Gasteiger partial charge in [0.1, 0.15) is 11.6 Å². The Bertz CT molecular complexity index is 1220. The third-order valence-electron chi connectivity index (χ3n) is 5.17. The number of nitrogens with two attached hydrogens (primary N) is 1. The predicted octanol–water partition coefficient (Wildman–Crippen LogP) is 4.83. The summed E-state index contributed by atoms with van der Waals surface area (Å²) in [4.78, 5) is 35.1. The maximum atomic E-state index is 13.1. The van der Waals surface area contributed by atoms with Crippen molar-refractivity contribution in [3.63, 3.8) is 0 Å². The molecule has 0 aliphatic heterocycles. The molecular weight excluding hydrogens is 472 g/mol. The lowest BCUT2D eigenvalue weighted by Crippen LogP contribution is -2.22. The molecule has 3 rings (SSSR count). The van der Waals surface area contributed by atoms with E-state index in [2.05, 4.69) is 9.97 Å². The molecule has 0 aliphatic rings. The molecule has 3 aromatic rings. The van der Waals surface area contributed by atoms with Gasteiger partial charge in [-0.15, -0.1) is 0 Å². The summed E-state index contributed by atoms with van der Waals surface area (Å²) in [6.45, 7) is 3.39. The molecule has 1 amide bonds. The first-order valence-corrected chi connectivity index (χ1v) is 11.7. The molecule has 3 N–H and O–H groups in total. The Morgan fingerprint density at radius 3 is 2.56 bits per heavy atom. The van der Waals surface area contributed by atoms with Crippen LogP contribution in [0, 0.1) is 6.92 Å². The number of hydrogen-bond acceptors (Lipinski definition) is 7. The molecule has 0 aliphatic carbocycles. The summed E-state index contributed by atoms with van der Waals surface area (Å²) in [5.41, 5.74) is 9.32. The van der Waals surface area contributed by atoms with Gasteiger partial charge in [0.15, 0.2) is 0 Å². The summed E-state index contributed by atoms with van der Waals surface area (Å²) in [7, 11) is 0. The Labute approximate surface area is 207 Å². The number of amides is 1. The zero-order valence-corrected chi connectivity index (χ0v) is 20.4. The Kier molecular flexibility index (Phi) is 8.81. The molecule has 0 saturated heterocycles. The largest absolute Gasteiger partial charge is 0.396 e. The molecule has 0 radical (unpaired) electrons. The van der Waals surface area contributed by atoms with Gasteiger partial charge in [-0.2, -0.15) is 0 Å². The number of nitrogen functional groups attached to an aromatic ring is 1. The molecule has 1 aromatic heterocycles. The third kappa shape index (κ3) is 6.22. The molecule has 0 bridgehead atoms. The number of benzene rings is 2. The van der Waals surface area contributed by atoms with E-state index in [1.807, 2.05) is 36.4 Å². The number of carbonyl (C=O) groups excluding carboxylic acids is 2. The number of hydrogen-bond donors (Lipinski definition) is 2. The highest BCUT2D eigenvalue weighted by atomic mass is 35.5. The van der Waals surface area contributed by atoms with E-state index < -0.39 is 0 Å². The summed E-state index contributed by atoms with van der Waals surface area (Å²) < 4.78 is 0. The van der Waals surface area contributed by atoms with Crippen LogP contribution in [0.5, 0.6) is 0 Å². The van der Waals surface area contributed by atoms with Gasteiger partial charge in [0.25, 0.3) is 0 Å². The van der Waals surface area contributed by atoms with Crippen molar-refractivity contribution in [1.82, 2.24) is 14.9 Å². The topological polar surface area (TPSA) is 109 Å². The van der Waals surface area contributed by atoms with Gasteiger partial charge in [-0.1, -0.05) is 48.0 Å². The first-order valence-electron chi connectivity index (χ1n) is 10.5. The number of aliphatic hydroxyl groups is 1. The predicted molar refractivity (Wildman–Crippen MR) is 136 cm³/mol. The van der Waals surface area contributed by atoms with Crippen LogP contribution in [-0.2, 0) is 11.3 Å². The zero-order valence-electron chi connectivity index (χ0n) is 18.9. The number of carbonyl (C=O) groups is 2. The standard InChI is InChI=1S/C25H25ClN4O3S/c1-16(30(15-32)14-20-13-28-17(2)29-24(20)27)23(10-11-31)34-25(33)21-9-8-19(12-22(21)26)18-6-4-3-5-7-18/h3-9,12-13,15,31H,10-11,14H2,1-2H3,(H2,27,28,29). The van der Waals surface area contributed by atoms with Gasteiger partial charge in [0, 0.05) is 41.0 Å². The van der Waals surface area contributed by atoms with Crippen LogP contribution in [0.3, 0.4) is 0 Å². The fraction of sp³-hybridized carbons (Fsp3) is 0.200. The summed E-state index contributed by atoms with van der Waals surface area (Å²) in [5, 5.41) is 9.62. The van der Waals surface area contributed by atoms with Crippen LogP contribution in [0.2, 0.25) is 5.02 Å². The maximum absolute atomic E-state index is 13.1. The minimum absolute atomic E-state index is 0.137. The normalized spacial score (nSPS) is 11.6. The molecule has 0 spiro atoms. The van der Waals surface area contributed by atoms with E-state index in [1.165, 1.54) is 4.90 Å². The van der Waals surface area contributed by atoms with E-state index in [-0.39, 0.29) is 30.5 Å². The lowest BCUT2D eigenvalue weighted by molar-refractivity contribution is -0.116. The van der Waals surface area contributed by atoms with Crippen molar-refractivity contribution >= 4 is 40.7 Å². The number of aliphatic hydroxyl groups excluding tert-OH is 1. The van der Waals surface area contributed by atoms with Crippen LogP contribution in [-0.4, -0.2) is 38.1 Å². The lowest BCUT2D eigenvalue weighted by atomic mass is 10.0. The monoisotopic (exact) mass is 496 g/mol. The minimum Gasteiger partial charge on any atom is -0.396 e. The van der Waals surface area contributed by atoms with E-state index in [0.29, 0.717) is 39.0 Å². The quantitative estimate of drug-likeness (QED) is 0.408. The summed E-state index contributed by atoms with van der Waals surface area (Å²) in [6, 6.07) is 15.0. The average molecular weight is 497 g/mol. The molecule has 9 heteroatoms. The average Bonchev–Trinajstić information content (AvgIpc) is 2.83. The summed E-state index contributed by atoms with van der Waals surface area (Å²) in [6.07, 6.45) is 2.42. The number of thioether (sulfide) groups is 1. The molecule has 1 heterocycles. The second-order valence-corrected chi connectivity index (χ2v) is 8.97. The van der Waals surface area contributed by atoms with Crippen molar-refractivity contribution in [3.05, 3.63) is 87.3 Å². The second-order valence-electron chi connectivity index (χ2n) is 7.49. The lowest BCUT2D eigenvalue weighted by Gasteiger charge is -2.22. The van der Waals surface area contributed by atoms with Gasteiger partial charge in [0.05, 0.1) is 11.6 Å². The molecular formula is C25H25ClN4O3S. The van der Waals surface area contributed by atoms with Crippen molar-refractivity contribution in [2.24, 2.45) is 0 Å². The van der Waals surface area contributed by atoms with Gasteiger partial charge in [-0.3, -0.25) is 9.59 Å². The van der Waals surface area contributed by atoms with E-state index in [0.717, 1.165) is 22.9 Å². The summed E-state index contributed by atoms with van der Waals surface area (Å²) >= 11 is 7.39. The Hall–Kier alpha value is -3.20. The molecule has 2 aromatic carbocycles. The number of nitrogens with zero attached hydrogens (tertiary/aromatic N) is 3.